The summed E-state index contributed by atoms with van der Waals surface area (Å²) >= 11 is 6.14. The SMILES string of the molecule is Cc1c(N2C[C@@H]3CC(=O)CN3C2=O)ccc(C#N)c1Cl. The Hall–Kier alpha value is -2.06. The van der Waals surface area contributed by atoms with E-state index in [1.165, 1.54) is 0 Å². The van der Waals surface area contributed by atoms with Gasteiger partial charge < -0.3 is 4.90 Å². The van der Waals surface area contributed by atoms with Crippen LogP contribution in [0.2, 0.25) is 5.02 Å². The molecule has 1 aromatic rings. The monoisotopic (exact) mass is 289 g/mol. The molecule has 2 aliphatic heterocycles. The van der Waals surface area contributed by atoms with Crippen LogP contribution in [0.3, 0.4) is 0 Å². The molecule has 2 amide bonds. The van der Waals surface area contributed by atoms with Gasteiger partial charge in [0.05, 0.1) is 23.2 Å². The normalized spacial score (nSPS) is 21.4. The quantitative estimate of drug-likeness (QED) is 0.795. The van der Waals surface area contributed by atoms with Gasteiger partial charge in [-0.15, -0.1) is 0 Å². The van der Waals surface area contributed by atoms with Gasteiger partial charge in [-0.2, -0.15) is 5.26 Å². The first kappa shape index (κ1) is 12.9. The fraction of sp³-hybridized carbons (Fsp3) is 0.357. The Kier molecular flexibility index (Phi) is 2.91. The maximum absolute atomic E-state index is 12.3. The largest absolute Gasteiger partial charge is 0.325 e. The summed E-state index contributed by atoms with van der Waals surface area (Å²) in [7, 11) is 0. The Morgan fingerprint density at radius 1 is 1.40 bits per heavy atom. The van der Waals surface area contributed by atoms with E-state index in [0.29, 0.717) is 34.8 Å². The molecule has 0 saturated carbocycles. The van der Waals surface area contributed by atoms with Crippen molar-refractivity contribution < 1.29 is 9.59 Å². The number of Topliss-reactive ketones (excluding diaryl/α,β-unsaturated/α-hetero) is 1. The van der Waals surface area contributed by atoms with Crippen LogP contribution < -0.4 is 4.90 Å². The van der Waals surface area contributed by atoms with Crippen molar-refractivity contribution in [1.82, 2.24) is 4.90 Å². The highest BCUT2D eigenvalue weighted by Crippen LogP contribution is 2.34. The van der Waals surface area contributed by atoms with E-state index in [2.05, 4.69) is 0 Å². The number of fused-ring (bicyclic) bond motifs is 1. The number of hydrogen-bond acceptors (Lipinski definition) is 3. The number of halogens is 1. The predicted molar refractivity (Wildman–Crippen MR) is 73.8 cm³/mol. The number of nitrogens with zero attached hydrogens (tertiary/aromatic N) is 3. The third kappa shape index (κ3) is 1.76. The number of ketones is 1. The number of amides is 2. The topological polar surface area (TPSA) is 64.4 Å². The Labute approximate surface area is 121 Å². The van der Waals surface area contributed by atoms with E-state index in [9.17, 15) is 9.59 Å². The molecule has 102 valence electrons. The molecule has 20 heavy (non-hydrogen) atoms. The van der Waals surface area contributed by atoms with Gasteiger partial charge in [-0.25, -0.2) is 4.79 Å². The van der Waals surface area contributed by atoms with Gasteiger partial charge in [0.1, 0.15) is 6.07 Å². The van der Waals surface area contributed by atoms with Gasteiger partial charge in [-0.05, 0) is 24.6 Å². The zero-order valence-electron chi connectivity index (χ0n) is 10.9. The van der Waals surface area contributed by atoms with Crippen molar-refractivity contribution >= 4 is 29.1 Å². The van der Waals surface area contributed by atoms with Crippen molar-refractivity contribution in [3.8, 4) is 6.07 Å². The zero-order valence-corrected chi connectivity index (χ0v) is 11.6. The van der Waals surface area contributed by atoms with Crippen molar-refractivity contribution in [3.05, 3.63) is 28.3 Å². The number of benzene rings is 1. The number of anilines is 1. The first-order valence-corrected chi connectivity index (χ1v) is 6.69. The van der Waals surface area contributed by atoms with E-state index < -0.39 is 0 Å². The minimum Gasteiger partial charge on any atom is -0.312 e. The zero-order chi connectivity index (χ0) is 14.4. The molecule has 0 spiro atoms. The van der Waals surface area contributed by atoms with Gasteiger partial charge in [0, 0.05) is 18.7 Å². The van der Waals surface area contributed by atoms with E-state index in [1.54, 1.807) is 28.9 Å². The van der Waals surface area contributed by atoms with Crippen LogP contribution in [-0.2, 0) is 4.79 Å². The van der Waals surface area contributed by atoms with Gasteiger partial charge >= 0.3 is 6.03 Å². The number of hydrogen-bond donors (Lipinski definition) is 0. The van der Waals surface area contributed by atoms with E-state index in [1.807, 2.05) is 6.07 Å². The molecule has 0 radical (unpaired) electrons. The second-order valence-electron chi connectivity index (χ2n) is 5.10. The van der Waals surface area contributed by atoms with Crippen LogP contribution in [0, 0.1) is 18.3 Å². The van der Waals surface area contributed by atoms with Gasteiger partial charge in [0.2, 0.25) is 0 Å². The first-order valence-electron chi connectivity index (χ1n) is 6.32. The molecule has 0 aromatic heterocycles. The van der Waals surface area contributed by atoms with Gasteiger partial charge in [-0.3, -0.25) is 9.69 Å². The van der Waals surface area contributed by atoms with Crippen LogP contribution in [0.1, 0.15) is 17.5 Å². The van der Waals surface area contributed by atoms with Crippen LogP contribution in [0.15, 0.2) is 12.1 Å². The maximum Gasteiger partial charge on any atom is 0.325 e. The molecule has 2 fully saturated rings. The summed E-state index contributed by atoms with van der Waals surface area (Å²) in [5, 5.41) is 9.33. The van der Waals surface area contributed by atoms with Crippen molar-refractivity contribution in [1.29, 1.82) is 5.26 Å². The van der Waals surface area contributed by atoms with Crippen molar-refractivity contribution in [2.24, 2.45) is 0 Å². The summed E-state index contributed by atoms with van der Waals surface area (Å²) in [5.41, 5.74) is 1.82. The smallest absolute Gasteiger partial charge is 0.312 e. The summed E-state index contributed by atoms with van der Waals surface area (Å²) in [6, 6.07) is 5.18. The Morgan fingerprint density at radius 3 is 2.80 bits per heavy atom. The summed E-state index contributed by atoms with van der Waals surface area (Å²) in [4.78, 5) is 27.0. The molecule has 0 aliphatic carbocycles. The molecule has 0 N–H and O–H groups in total. The summed E-state index contributed by atoms with van der Waals surface area (Å²) in [6.07, 6.45) is 0.422. The highest BCUT2D eigenvalue weighted by Gasteiger charge is 2.44. The van der Waals surface area contributed by atoms with Gasteiger partial charge in [0.25, 0.3) is 0 Å². The van der Waals surface area contributed by atoms with Gasteiger partial charge in [-0.1, -0.05) is 11.6 Å². The fourth-order valence-corrected chi connectivity index (χ4v) is 3.04. The highest BCUT2D eigenvalue weighted by atomic mass is 35.5. The minimum absolute atomic E-state index is 0.0381. The lowest BCUT2D eigenvalue weighted by atomic mass is 10.1. The number of rotatable bonds is 1. The molecule has 2 aliphatic rings. The van der Waals surface area contributed by atoms with Crippen molar-refractivity contribution in [2.45, 2.75) is 19.4 Å². The first-order chi connectivity index (χ1) is 9.52. The van der Waals surface area contributed by atoms with E-state index in [4.69, 9.17) is 16.9 Å². The van der Waals surface area contributed by atoms with Crippen LogP contribution in [0.4, 0.5) is 10.5 Å². The summed E-state index contributed by atoms with van der Waals surface area (Å²) in [6.45, 7) is 2.48. The number of carbonyl (C=O) groups is 2. The number of nitriles is 1. The highest BCUT2D eigenvalue weighted by molar-refractivity contribution is 6.33. The number of carbonyl (C=O) groups excluding carboxylic acids is 2. The van der Waals surface area contributed by atoms with Crippen LogP contribution in [-0.4, -0.2) is 35.8 Å². The second-order valence-corrected chi connectivity index (χ2v) is 5.48. The molecule has 3 rings (SSSR count). The van der Waals surface area contributed by atoms with Crippen molar-refractivity contribution in [2.75, 3.05) is 18.0 Å². The van der Waals surface area contributed by atoms with Crippen LogP contribution in [0.25, 0.3) is 0 Å². The number of urea groups is 1. The third-order valence-corrected chi connectivity index (χ3v) is 4.38. The van der Waals surface area contributed by atoms with E-state index in [0.717, 1.165) is 0 Å². The molecule has 2 saturated heterocycles. The lowest BCUT2D eigenvalue weighted by Crippen LogP contribution is -2.33. The molecule has 0 unspecified atom stereocenters. The molecule has 0 bridgehead atoms. The predicted octanol–water partition coefficient (Wildman–Crippen LogP) is 2.10. The standard InChI is InChI=1S/C14H12ClN3O2/c1-8-12(3-2-9(5-16)13(8)15)18-6-10-4-11(19)7-17(10)14(18)20/h2-3,10H,4,6-7H2,1H3/t10-/m0/s1. The average Bonchev–Trinajstić information content (AvgIpc) is 2.92. The van der Waals surface area contributed by atoms with Crippen LogP contribution in [0.5, 0.6) is 0 Å². The Bertz CT molecular complexity index is 665. The molecular formula is C14H12ClN3O2. The third-order valence-electron chi connectivity index (χ3n) is 3.89. The molecule has 5 nitrogen and oxygen atoms in total. The molecule has 6 heteroatoms. The van der Waals surface area contributed by atoms with Crippen LogP contribution >= 0.6 is 11.6 Å². The summed E-state index contributed by atoms with van der Waals surface area (Å²) < 4.78 is 0. The molecule has 2 heterocycles. The van der Waals surface area contributed by atoms with E-state index >= 15 is 0 Å². The van der Waals surface area contributed by atoms with E-state index in [-0.39, 0.29) is 24.4 Å². The maximum atomic E-state index is 12.3. The molecule has 1 atom stereocenters. The molecule has 1 aromatic carbocycles. The lowest BCUT2D eigenvalue weighted by molar-refractivity contribution is -0.116. The molecular weight excluding hydrogens is 278 g/mol. The summed E-state index contributed by atoms with van der Waals surface area (Å²) in [5.74, 6) is 0.109. The lowest BCUT2D eigenvalue weighted by Gasteiger charge is -2.20. The minimum atomic E-state index is -0.162. The van der Waals surface area contributed by atoms with Gasteiger partial charge in [0.15, 0.2) is 5.78 Å². The Balaban J connectivity index is 1.96. The second kappa shape index (κ2) is 4.50. The van der Waals surface area contributed by atoms with Crippen molar-refractivity contribution in [3.63, 3.8) is 0 Å². The fourth-order valence-electron chi connectivity index (χ4n) is 2.84. The average molecular weight is 290 g/mol. The Morgan fingerprint density at radius 2 is 2.15 bits per heavy atom.